The maximum Gasteiger partial charge on any atom is 0.161 e. The Balaban J connectivity index is 2.85. The fourth-order valence-corrected chi connectivity index (χ4v) is 2.93. The van der Waals surface area contributed by atoms with Gasteiger partial charge in [-0.05, 0) is 25.6 Å². The van der Waals surface area contributed by atoms with Crippen LogP contribution in [0.15, 0.2) is 6.20 Å². The predicted molar refractivity (Wildman–Crippen MR) is 78.5 cm³/mol. The van der Waals surface area contributed by atoms with Gasteiger partial charge in [-0.25, -0.2) is 0 Å². The van der Waals surface area contributed by atoms with Gasteiger partial charge in [0.2, 0.25) is 0 Å². The highest BCUT2D eigenvalue weighted by Crippen LogP contribution is 2.27. The molecule has 1 aromatic rings. The lowest BCUT2D eigenvalue weighted by molar-refractivity contribution is 0.397. The van der Waals surface area contributed by atoms with Gasteiger partial charge in [-0.15, -0.1) is 0 Å². The lowest BCUT2D eigenvalue weighted by Gasteiger charge is -2.20. The second kappa shape index (κ2) is 8.43. The Bertz CT molecular complexity index is 319. The van der Waals surface area contributed by atoms with Crippen molar-refractivity contribution < 1.29 is 4.74 Å². The zero-order valence-corrected chi connectivity index (χ0v) is 12.7. The van der Waals surface area contributed by atoms with Crippen LogP contribution in [-0.4, -0.2) is 34.9 Å². The highest BCUT2D eigenvalue weighted by molar-refractivity contribution is 7.99. The Morgan fingerprint density at radius 2 is 2.22 bits per heavy atom. The van der Waals surface area contributed by atoms with Crippen molar-refractivity contribution in [3.8, 4) is 5.75 Å². The smallest absolute Gasteiger partial charge is 0.161 e. The molecule has 1 unspecified atom stereocenters. The topological polar surface area (TPSA) is 39.1 Å². The van der Waals surface area contributed by atoms with E-state index in [-0.39, 0.29) is 0 Å². The Hall–Kier alpha value is -0.680. The van der Waals surface area contributed by atoms with Crippen LogP contribution in [0.2, 0.25) is 0 Å². The lowest BCUT2D eigenvalue weighted by atomic mass is 10.2. The lowest BCUT2D eigenvalue weighted by Crippen LogP contribution is -2.26. The molecule has 0 bridgehead atoms. The number of nitrogens with zero attached hydrogens (tertiary/aromatic N) is 2. The highest BCUT2D eigenvalue weighted by atomic mass is 32.2. The molecule has 1 aromatic heterocycles. The largest absolute Gasteiger partial charge is 0.493 e. The standard InChI is InChI=1S/C13H25N3OS/c1-5-8-18-10-11(14-6-2)13-12(17-4)9-15-16(13)7-3/h9,11,14H,5-8,10H2,1-4H3. The van der Waals surface area contributed by atoms with Crippen molar-refractivity contribution in [3.05, 3.63) is 11.9 Å². The van der Waals surface area contributed by atoms with Crippen LogP contribution in [0.25, 0.3) is 0 Å². The van der Waals surface area contributed by atoms with E-state index in [1.165, 1.54) is 17.9 Å². The fraction of sp³-hybridized carbons (Fsp3) is 0.769. The summed E-state index contributed by atoms with van der Waals surface area (Å²) in [5.74, 6) is 3.15. The van der Waals surface area contributed by atoms with E-state index in [1.54, 1.807) is 7.11 Å². The molecule has 4 nitrogen and oxygen atoms in total. The second-order valence-corrected chi connectivity index (χ2v) is 5.25. The predicted octanol–water partition coefficient (Wildman–Crippen LogP) is 2.71. The summed E-state index contributed by atoms with van der Waals surface area (Å²) in [6.45, 7) is 8.29. The first-order valence-corrected chi connectivity index (χ1v) is 7.84. The quantitative estimate of drug-likeness (QED) is 0.701. The molecule has 1 N–H and O–H groups in total. The molecular weight excluding hydrogens is 246 g/mol. The third-order valence-corrected chi connectivity index (χ3v) is 4.04. The first-order chi connectivity index (χ1) is 8.78. The number of thioether (sulfide) groups is 1. The number of nitrogens with one attached hydrogen (secondary N) is 1. The van der Waals surface area contributed by atoms with Gasteiger partial charge in [-0.2, -0.15) is 16.9 Å². The summed E-state index contributed by atoms with van der Waals surface area (Å²) in [5.41, 5.74) is 1.17. The zero-order chi connectivity index (χ0) is 13.4. The molecule has 0 saturated heterocycles. The molecule has 0 aliphatic rings. The minimum atomic E-state index is 0.309. The first-order valence-electron chi connectivity index (χ1n) is 6.69. The van der Waals surface area contributed by atoms with Gasteiger partial charge >= 0.3 is 0 Å². The average Bonchev–Trinajstić information content (AvgIpc) is 2.80. The van der Waals surface area contributed by atoms with Crippen molar-refractivity contribution in [2.45, 2.75) is 39.8 Å². The molecule has 0 aromatic carbocycles. The van der Waals surface area contributed by atoms with Crippen molar-refractivity contribution in [2.24, 2.45) is 0 Å². The monoisotopic (exact) mass is 271 g/mol. The molecule has 18 heavy (non-hydrogen) atoms. The third kappa shape index (κ3) is 3.92. The summed E-state index contributed by atoms with van der Waals surface area (Å²) in [7, 11) is 1.71. The van der Waals surface area contributed by atoms with Gasteiger partial charge in [0.25, 0.3) is 0 Å². The minimum Gasteiger partial charge on any atom is -0.493 e. The number of hydrogen-bond acceptors (Lipinski definition) is 4. The number of aryl methyl sites for hydroxylation is 1. The summed E-state index contributed by atoms with van der Waals surface area (Å²) >= 11 is 1.98. The SMILES string of the molecule is CCCSCC(NCC)c1c(OC)cnn1CC. The molecule has 1 heterocycles. The Morgan fingerprint density at radius 1 is 1.44 bits per heavy atom. The van der Waals surface area contributed by atoms with Gasteiger partial charge < -0.3 is 10.1 Å². The number of rotatable bonds is 9. The van der Waals surface area contributed by atoms with Gasteiger partial charge in [0, 0.05) is 12.3 Å². The fourth-order valence-electron chi connectivity index (χ4n) is 1.96. The van der Waals surface area contributed by atoms with Crippen molar-refractivity contribution >= 4 is 11.8 Å². The van der Waals surface area contributed by atoms with E-state index in [1.807, 2.05) is 22.6 Å². The van der Waals surface area contributed by atoms with Crippen LogP contribution in [-0.2, 0) is 6.54 Å². The molecule has 0 aliphatic carbocycles. The summed E-state index contributed by atoms with van der Waals surface area (Å²) in [5, 5.41) is 7.91. The first kappa shape index (κ1) is 15.4. The van der Waals surface area contributed by atoms with Crippen molar-refractivity contribution in [2.75, 3.05) is 25.2 Å². The van der Waals surface area contributed by atoms with Crippen molar-refractivity contribution in [3.63, 3.8) is 0 Å². The Kier molecular flexibility index (Phi) is 7.20. The maximum atomic E-state index is 5.43. The Morgan fingerprint density at radius 3 is 2.78 bits per heavy atom. The molecule has 0 amide bonds. The van der Waals surface area contributed by atoms with Gasteiger partial charge in [-0.1, -0.05) is 13.8 Å². The zero-order valence-electron chi connectivity index (χ0n) is 11.9. The van der Waals surface area contributed by atoms with Gasteiger partial charge in [0.15, 0.2) is 5.75 Å². The number of methoxy groups -OCH3 is 1. The number of aromatic nitrogens is 2. The molecule has 1 rings (SSSR count). The van der Waals surface area contributed by atoms with Crippen LogP contribution in [0, 0.1) is 0 Å². The second-order valence-electron chi connectivity index (χ2n) is 4.10. The van der Waals surface area contributed by atoms with E-state index in [0.29, 0.717) is 6.04 Å². The number of ether oxygens (including phenoxy) is 1. The van der Waals surface area contributed by atoms with E-state index in [2.05, 4.69) is 31.2 Å². The van der Waals surface area contributed by atoms with Crippen LogP contribution >= 0.6 is 11.8 Å². The average molecular weight is 271 g/mol. The van der Waals surface area contributed by atoms with E-state index in [9.17, 15) is 0 Å². The van der Waals surface area contributed by atoms with E-state index in [4.69, 9.17) is 4.74 Å². The molecule has 0 fully saturated rings. The molecular formula is C13H25N3OS. The summed E-state index contributed by atoms with van der Waals surface area (Å²) in [6, 6.07) is 0.309. The van der Waals surface area contributed by atoms with Gasteiger partial charge in [0.1, 0.15) is 0 Å². The molecule has 0 saturated carbocycles. The van der Waals surface area contributed by atoms with Gasteiger partial charge in [0.05, 0.1) is 25.0 Å². The Labute approximate surface area is 114 Å². The van der Waals surface area contributed by atoms with E-state index in [0.717, 1.165) is 24.6 Å². The van der Waals surface area contributed by atoms with Crippen LogP contribution in [0.3, 0.4) is 0 Å². The summed E-state index contributed by atoms with van der Waals surface area (Å²) in [6.07, 6.45) is 3.03. The maximum absolute atomic E-state index is 5.43. The van der Waals surface area contributed by atoms with Crippen LogP contribution in [0.1, 0.15) is 38.9 Å². The van der Waals surface area contributed by atoms with Crippen LogP contribution in [0.4, 0.5) is 0 Å². The summed E-state index contributed by atoms with van der Waals surface area (Å²) in [4.78, 5) is 0. The minimum absolute atomic E-state index is 0.309. The van der Waals surface area contributed by atoms with Crippen molar-refractivity contribution in [1.82, 2.24) is 15.1 Å². The molecule has 0 aliphatic heterocycles. The molecule has 0 radical (unpaired) electrons. The van der Waals surface area contributed by atoms with Crippen LogP contribution in [0.5, 0.6) is 5.75 Å². The molecule has 1 atom stereocenters. The van der Waals surface area contributed by atoms with Crippen molar-refractivity contribution in [1.29, 1.82) is 0 Å². The molecule has 104 valence electrons. The van der Waals surface area contributed by atoms with E-state index >= 15 is 0 Å². The third-order valence-electron chi connectivity index (χ3n) is 2.78. The molecule has 5 heteroatoms. The molecule has 0 spiro atoms. The normalized spacial score (nSPS) is 12.7. The van der Waals surface area contributed by atoms with Crippen LogP contribution < -0.4 is 10.1 Å². The summed E-state index contributed by atoms with van der Waals surface area (Å²) < 4.78 is 7.46. The number of hydrogen-bond donors (Lipinski definition) is 1. The van der Waals surface area contributed by atoms with E-state index < -0.39 is 0 Å². The highest BCUT2D eigenvalue weighted by Gasteiger charge is 2.20. The van der Waals surface area contributed by atoms with Gasteiger partial charge in [-0.3, -0.25) is 4.68 Å².